The Bertz CT molecular complexity index is 1900. The molecule has 0 fully saturated rings. The molecule has 6 rings (SSSR count). The summed E-state index contributed by atoms with van der Waals surface area (Å²) in [6, 6.07) is 15.0. The van der Waals surface area contributed by atoms with E-state index in [-0.39, 0.29) is 23.0 Å². The van der Waals surface area contributed by atoms with Crippen LogP contribution in [0.25, 0.3) is 43.8 Å². The number of aryl methyl sites for hydroxylation is 1. The van der Waals surface area contributed by atoms with Crippen LogP contribution in [0.2, 0.25) is 5.02 Å². The van der Waals surface area contributed by atoms with Gasteiger partial charge in [0.05, 0.1) is 12.1 Å². The number of amides is 1. The number of rotatable bonds is 5. The van der Waals surface area contributed by atoms with Crippen molar-refractivity contribution in [3.63, 3.8) is 0 Å². The van der Waals surface area contributed by atoms with E-state index in [1.807, 2.05) is 12.1 Å². The predicted octanol–water partition coefficient (Wildman–Crippen LogP) is 7.00. The molecule has 6 nitrogen and oxygen atoms in total. The second-order valence-electron chi connectivity index (χ2n) is 9.00. The second-order valence-corrected chi connectivity index (χ2v) is 9.41. The van der Waals surface area contributed by atoms with Gasteiger partial charge in [0.2, 0.25) is 0 Å². The number of hydrogen-bond donors (Lipinski definition) is 2. The molecule has 190 valence electrons. The van der Waals surface area contributed by atoms with Crippen molar-refractivity contribution in [2.45, 2.75) is 13.5 Å². The van der Waals surface area contributed by atoms with E-state index < -0.39 is 11.6 Å². The molecule has 3 aromatic carbocycles. The Morgan fingerprint density at radius 2 is 1.71 bits per heavy atom. The van der Waals surface area contributed by atoms with Gasteiger partial charge in [0.25, 0.3) is 5.91 Å². The third-order valence-electron chi connectivity index (χ3n) is 6.79. The van der Waals surface area contributed by atoms with Gasteiger partial charge < -0.3 is 20.2 Å². The van der Waals surface area contributed by atoms with Gasteiger partial charge in [0, 0.05) is 56.5 Å². The van der Waals surface area contributed by atoms with E-state index >= 15 is 0 Å². The minimum Gasteiger partial charge on any atom is -0.496 e. The fraction of sp³-hybridized carbons (Fsp3) is 0.103. The van der Waals surface area contributed by atoms with Gasteiger partial charge in [-0.1, -0.05) is 17.7 Å². The third kappa shape index (κ3) is 3.68. The third-order valence-corrected chi connectivity index (χ3v) is 7.08. The van der Waals surface area contributed by atoms with Gasteiger partial charge >= 0.3 is 0 Å². The zero-order valence-corrected chi connectivity index (χ0v) is 21.0. The van der Waals surface area contributed by atoms with E-state index in [2.05, 4.69) is 10.3 Å². The Hall–Kier alpha value is -4.43. The monoisotopic (exact) mass is 531 g/mol. The average Bonchev–Trinajstić information content (AvgIpc) is 3.47. The summed E-state index contributed by atoms with van der Waals surface area (Å²) in [4.78, 5) is 17.3. The fourth-order valence-electron chi connectivity index (χ4n) is 4.89. The fourth-order valence-corrected chi connectivity index (χ4v) is 5.04. The summed E-state index contributed by atoms with van der Waals surface area (Å²) >= 11 is 5.71. The van der Waals surface area contributed by atoms with Crippen molar-refractivity contribution in [2.75, 3.05) is 12.8 Å². The molecule has 1 amide bonds. The normalized spacial score (nSPS) is 11.6. The molecule has 0 aliphatic rings. The van der Waals surface area contributed by atoms with E-state index in [9.17, 15) is 13.6 Å². The van der Waals surface area contributed by atoms with Crippen molar-refractivity contribution in [3.05, 3.63) is 88.1 Å². The van der Waals surface area contributed by atoms with E-state index in [0.29, 0.717) is 39.6 Å². The Balaban J connectivity index is 1.36. The number of nitrogen functional groups attached to an aromatic ring is 1. The second kappa shape index (κ2) is 8.85. The lowest BCUT2D eigenvalue weighted by Gasteiger charge is -2.13. The zero-order valence-electron chi connectivity index (χ0n) is 20.3. The maximum absolute atomic E-state index is 14.6. The number of methoxy groups -OCH3 is 1. The van der Waals surface area contributed by atoms with Gasteiger partial charge in [-0.2, -0.15) is 0 Å². The Kier molecular flexibility index (Phi) is 5.57. The van der Waals surface area contributed by atoms with Crippen molar-refractivity contribution < 1.29 is 22.7 Å². The first-order valence-corrected chi connectivity index (χ1v) is 12.1. The highest BCUT2D eigenvalue weighted by molar-refractivity contribution is 6.31. The number of nitrogens with zero attached hydrogens (tertiary/aromatic N) is 1. The molecule has 3 heterocycles. The van der Waals surface area contributed by atoms with Gasteiger partial charge in [-0.15, -0.1) is 0 Å². The van der Waals surface area contributed by atoms with Crippen LogP contribution in [0.15, 0.2) is 59.0 Å². The largest absolute Gasteiger partial charge is 0.496 e. The number of halogens is 3. The lowest BCUT2D eigenvalue weighted by molar-refractivity contribution is 0.0950. The van der Waals surface area contributed by atoms with Crippen molar-refractivity contribution >= 4 is 56.0 Å². The molecule has 0 radical (unpaired) electrons. The van der Waals surface area contributed by atoms with Crippen LogP contribution in [0, 0.1) is 18.6 Å². The smallest absolute Gasteiger partial charge is 0.251 e. The van der Waals surface area contributed by atoms with E-state index in [1.165, 1.54) is 19.2 Å². The van der Waals surface area contributed by atoms with Crippen LogP contribution in [0.1, 0.15) is 21.6 Å². The molecule has 0 aliphatic carbocycles. The number of fused-ring (bicyclic) bond motifs is 8. The van der Waals surface area contributed by atoms with Crippen LogP contribution >= 0.6 is 11.6 Å². The van der Waals surface area contributed by atoms with Gasteiger partial charge in [0.1, 0.15) is 22.7 Å². The number of aromatic nitrogens is 1. The van der Waals surface area contributed by atoms with E-state index in [4.69, 9.17) is 26.5 Å². The molecule has 38 heavy (non-hydrogen) atoms. The summed E-state index contributed by atoms with van der Waals surface area (Å²) < 4.78 is 40.1. The molecule has 6 aromatic rings. The van der Waals surface area contributed by atoms with Crippen molar-refractivity contribution in [3.8, 4) is 16.9 Å². The van der Waals surface area contributed by atoms with Crippen LogP contribution in [0.4, 0.5) is 14.6 Å². The molecule has 3 N–H and O–H groups in total. The van der Waals surface area contributed by atoms with Gasteiger partial charge in [0.15, 0.2) is 11.6 Å². The molecule has 3 aromatic heterocycles. The molecule has 0 spiro atoms. The van der Waals surface area contributed by atoms with Gasteiger partial charge in [-0.25, -0.2) is 13.8 Å². The number of pyridine rings is 1. The number of carbonyl (C=O) groups is 1. The van der Waals surface area contributed by atoms with Crippen LogP contribution in [-0.4, -0.2) is 18.0 Å². The molecule has 2 bridgehead atoms. The molecule has 0 saturated heterocycles. The number of nitrogens with two attached hydrogens (primary N) is 1. The highest BCUT2D eigenvalue weighted by atomic mass is 35.5. The number of carbonyl (C=O) groups excluding carboxylic acids is 1. The number of anilines is 1. The first-order chi connectivity index (χ1) is 18.3. The lowest BCUT2D eigenvalue weighted by Crippen LogP contribution is -2.23. The Morgan fingerprint density at radius 3 is 2.47 bits per heavy atom. The van der Waals surface area contributed by atoms with Gasteiger partial charge in [-0.05, 0) is 55.0 Å². The summed E-state index contributed by atoms with van der Waals surface area (Å²) in [5.41, 5.74) is 9.45. The van der Waals surface area contributed by atoms with Crippen LogP contribution in [0.3, 0.4) is 0 Å². The minimum atomic E-state index is -1.09. The standard InChI is InChI=1S/C29H20ClF2N3O3/c1-13-21(23(37-2)11-24(33)35-13)12-34-29(36)15-4-6-18-20(10-15)28-19-9-14(3-5-17(19)27(18)38-28)16-7-8-22(30)26(32)25(16)31/h3-11H,12H2,1-2H3,(H2,33,35)(H,34,36). The minimum absolute atomic E-state index is 0.0966. The number of hydrogen-bond acceptors (Lipinski definition) is 5. The summed E-state index contributed by atoms with van der Waals surface area (Å²) in [5, 5.41) is 5.83. The van der Waals surface area contributed by atoms with Crippen LogP contribution in [-0.2, 0) is 6.54 Å². The lowest BCUT2D eigenvalue weighted by atomic mass is 9.97. The Morgan fingerprint density at radius 1 is 1.00 bits per heavy atom. The maximum Gasteiger partial charge on any atom is 0.251 e. The van der Waals surface area contributed by atoms with Crippen LogP contribution < -0.4 is 15.8 Å². The summed E-state index contributed by atoms with van der Waals surface area (Å²) in [6.07, 6.45) is 0. The SMILES string of the molecule is COc1cc(N)nc(C)c1CNC(=O)c1ccc2c(c1)c1oc2c2ccc(-c3ccc(Cl)c(F)c3F)cc21. The molecule has 0 aliphatic heterocycles. The first kappa shape index (κ1) is 23.9. The average molecular weight is 532 g/mol. The van der Waals surface area contributed by atoms with Crippen molar-refractivity contribution in [1.82, 2.24) is 10.3 Å². The molecule has 0 unspecified atom stereocenters. The summed E-state index contributed by atoms with van der Waals surface area (Å²) in [6.45, 7) is 2.01. The molecule has 0 saturated carbocycles. The predicted molar refractivity (Wildman–Crippen MR) is 144 cm³/mol. The molecule has 0 atom stereocenters. The number of nitrogens with one attached hydrogen (secondary N) is 1. The Labute approximate surface area is 220 Å². The maximum atomic E-state index is 14.6. The highest BCUT2D eigenvalue weighted by Crippen LogP contribution is 2.43. The van der Waals surface area contributed by atoms with Crippen molar-refractivity contribution in [2.24, 2.45) is 0 Å². The first-order valence-electron chi connectivity index (χ1n) is 11.7. The highest BCUT2D eigenvalue weighted by Gasteiger charge is 2.21. The number of furan rings is 2. The van der Waals surface area contributed by atoms with Crippen molar-refractivity contribution in [1.29, 1.82) is 0 Å². The topological polar surface area (TPSA) is 90.4 Å². The molecular weight excluding hydrogens is 512 g/mol. The van der Waals surface area contributed by atoms with Crippen LogP contribution in [0.5, 0.6) is 5.75 Å². The summed E-state index contributed by atoms with van der Waals surface area (Å²) in [5.74, 6) is -1.50. The zero-order chi connectivity index (χ0) is 26.7. The van der Waals surface area contributed by atoms with E-state index in [0.717, 1.165) is 27.1 Å². The number of benzene rings is 4. The molecule has 9 heteroatoms. The quantitative estimate of drug-likeness (QED) is 0.185. The van der Waals surface area contributed by atoms with Gasteiger partial charge in [-0.3, -0.25) is 4.79 Å². The summed E-state index contributed by atoms with van der Waals surface area (Å²) in [7, 11) is 1.53. The van der Waals surface area contributed by atoms with E-state index in [1.54, 1.807) is 37.3 Å². The number of ether oxygens (including phenoxy) is 1. The molecular formula is C29H20ClF2N3O3.